The van der Waals surface area contributed by atoms with Crippen molar-refractivity contribution in [2.24, 2.45) is 0 Å². The Morgan fingerprint density at radius 1 is 0.647 bits per heavy atom. The molecule has 0 nitrogen and oxygen atoms in total. The van der Waals surface area contributed by atoms with E-state index >= 15 is 0 Å². The highest BCUT2D eigenvalue weighted by Gasteiger charge is 1.91. The smallest absolute Gasteiger partial charge is 0.0351 e. The van der Waals surface area contributed by atoms with Crippen molar-refractivity contribution in [1.82, 2.24) is 0 Å². The summed E-state index contributed by atoms with van der Waals surface area (Å²) in [5, 5.41) is 0. The highest BCUT2D eigenvalue weighted by molar-refractivity contribution is 4.81. The summed E-state index contributed by atoms with van der Waals surface area (Å²) < 4.78 is 0. The molecule has 0 rings (SSSR count). The molecule has 0 saturated carbocycles. The molecule has 0 amide bonds. The third kappa shape index (κ3) is 15.7. The first-order valence-corrected chi connectivity index (χ1v) is 7.86. The number of hydrogen-bond acceptors (Lipinski definition) is 0. The van der Waals surface area contributed by atoms with Gasteiger partial charge >= 0.3 is 0 Å². The van der Waals surface area contributed by atoms with Crippen LogP contribution in [0.1, 0.15) is 90.4 Å². The average molecular weight is 237 g/mol. The van der Waals surface area contributed by atoms with Crippen molar-refractivity contribution >= 4 is 0 Å². The van der Waals surface area contributed by atoms with Crippen LogP contribution in [0.15, 0.2) is 12.2 Å². The van der Waals surface area contributed by atoms with Gasteiger partial charge in [-0.1, -0.05) is 90.2 Å². The third-order valence-electron chi connectivity index (χ3n) is 3.26. The molecule has 0 aliphatic carbocycles. The molecule has 0 saturated heterocycles. The summed E-state index contributed by atoms with van der Waals surface area (Å²) in [5.74, 6) is 0. The van der Waals surface area contributed by atoms with E-state index in [0.717, 1.165) is 6.42 Å². The molecule has 0 aliphatic rings. The summed E-state index contributed by atoms with van der Waals surface area (Å²) in [4.78, 5) is 0. The molecule has 0 atom stereocenters. The minimum atomic E-state index is 1.12. The van der Waals surface area contributed by atoms with Gasteiger partial charge in [0.05, 0.1) is 0 Å². The standard InChI is InChI=1S/C17H33/c1-3-5-7-9-11-13-15-17-16-14-12-10-8-6-4-2/h10,12H,1,3-9,11,13-17H2,2H3/b12-10+. The molecule has 0 heterocycles. The lowest BCUT2D eigenvalue weighted by atomic mass is 10.1. The fourth-order valence-electron chi connectivity index (χ4n) is 2.06. The predicted octanol–water partition coefficient (Wildman–Crippen LogP) is 6.47. The van der Waals surface area contributed by atoms with Crippen molar-refractivity contribution in [2.45, 2.75) is 90.4 Å². The fraction of sp³-hybridized carbons (Fsp3) is 0.824. The van der Waals surface area contributed by atoms with E-state index in [2.05, 4.69) is 26.0 Å². The van der Waals surface area contributed by atoms with Crippen LogP contribution in [0.25, 0.3) is 0 Å². The van der Waals surface area contributed by atoms with E-state index in [9.17, 15) is 0 Å². The van der Waals surface area contributed by atoms with Crippen molar-refractivity contribution in [3.05, 3.63) is 19.1 Å². The van der Waals surface area contributed by atoms with E-state index in [-0.39, 0.29) is 0 Å². The Kier molecular flexibility index (Phi) is 15.5. The molecule has 0 aromatic rings. The Labute approximate surface area is 110 Å². The van der Waals surface area contributed by atoms with Crippen molar-refractivity contribution < 1.29 is 0 Å². The molecule has 0 fully saturated rings. The summed E-state index contributed by atoms with van der Waals surface area (Å²) in [7, 11) is 0. The Bertz CT molecular complexity index is 146. The molecule has 0 aliphatic heterocycles. The van der Waals surface area contributed by atoms with Gasteiger partial charge in [-0.2, -0.15) is 0 Å². The molecule has 0 spiro atoms. The van der Waals surface area contributed by atoms with Crippen molar-refractivity contribution in [3.8, 4) is 0 Å². The van der Waals surface area contributed by atoms with Crippen LogP contribution in [0.4, 0.5) is 0 Å². The maximum atomic E-state index is 3.87. The van der Waals surface area contributed by atoms with Gasteiger partial charge in [0.1, 0.15) is 0 Å². The first kappa shape index (κ1) is 16.7. The van der Waals surface area contributed by atoms with Crippen molar-refractivity contribution in [1.29, 1.82) is 0 Å². The summed E-state index contributed by atoms with van der Waals surface area (Å²) in [6, 6.07) is 0. The lowest BCUT2D eigenvalue weighted by Gasteiger charge is -2.00. The molecule has 1 radical (unpaired) electrons. The molecule has 0 aromatic carbocycles. The van der Waals surface area contributed by atoms with E-state index in [1.165, 1.54) is 77.0 Å². The van der Waals surface area contributed by atoms with Crippen molar-refractivity contribution in [2.75, 3.05) is 0 Å². The average Bonchev–Trinajstić information content (AvgIpc) is 2.35. The maximum Gasteiger partial charge on any atom is -0.0351 e. The van der Waals surface area contributed by atoms with Crippen molar-refractivity contribution in [3.63, 3.8) is 0 Å². The topological polar surface area (TPSA) is 0 Å². The third-order valence-corrected chi connectivity index (χ3v) is 3.26. The molecule has 0 bridgehead atoms. The monoisotopic (exact) mass is 237 g/mol. The zero-order chi connectivity index (χ0) is 12.6. The molecule has 101 valence electrons. The van der Waals surface area contributed by atoms with Gasteiger partial charge in [0, 0.05) is 0 Å². The van der Waals surface area contributed by atoms with Gasteiger partial charge in [-0.3, -0.25) is 0 Å². The number of hydrogen-bond donors (Lipinski definition) is 0. The van der Waals surface area contributed by atoms with Crippen LogP contribution in [0.3, 0.4) is 0 Å². The molecule has 0 unspecified atom stereocenters. The quantitative estimate of drug-likeness (QED) is 0.254. The van der Waals surface area contributed by atoms with Crippen LogP contribution in [-0.4, -0.2) is 0 Å². The zero-order valence-corrected chi connectivity index (χ0v) is 12.1. The largest absolute Gasteiger partial charge is 0.0885 e. The molecule has 0 aromatic heterocycles. The van der Waals surface area contributed by atoms with Gasteiger partial charge in [0.15, 0.2) is 0 Å². The van der Waals surface area contributed by atoms with E-state index in [1.807, 2.05) is 0 Å². The lowest BCUT2D eigenvalue weighted by molar-refractivity contribution is 0.571. The second-order valence-electron chi connectivity index (χ2n) is 5.08. The summed E-state index contributed by atoms with van der Waals surface area (Å²) in [6.45, 7) is 6.13. The second-order valence-corrected chi connectivity index (χ2v) is 5.08. The van der Waals surface area contributed by atoms with Crippen LogP contribution in [0.2, 0.25) is 0 Å². The number of unbranched alkanes of at least 4 members (excludes halogenated alkanes) is 11. The summed E-state index contributed by atoms with van der Waals surface area (Å²) >= 11 is 0. The Morgan fingerprint density at radius 2 is 1.12 bits per heavy atom. The van der Waals surface area contributed by atoms with Gasteiger partial charge in [-0.05, 0) is 19.3 Å². The SMILES string of the molecule is [CH2]CCCCCCCCCC/C=C/CCCC. The lowest BCUT2D eigenvalue weighted by Crippen LogP contribution is -1.80. The van der Waals surface area contributed by atoms with Gasteiger partial charge < -0.3 is 0 Å². The minimum absolute atomic E-state index is 1.12. The zero-order valence-electron chi connectivity index (χ0n) is 12.1. The number of allylic oxidation sites excluding steroid dienone is 2. The summed E-state index contributed by atoms with van der Waals surface area (Å²) in [6.07, 6.45) is 22.4. The second kappa shape index (κ2) is 15.7. The van der Waals surface area contributed by atoms with Gasteiger partial charge in [0.2, 0.25) is 0 Å². The molecular weight excluding hydrogens is 204 g/mol. The molecule has 17 heavy (non-hydrogen) atoms. The van der Waals surface area contributed by atoms with E-state index in [4.69, 9.17) is 0 Å². The Balaban J connectivity index is 2.96. The predicted molar refractivity (Wildman–Crippen MR) is 80.2 cm³/mol. The first-order chi connectivity index (χ1) is 8.41. The highest BCUT2D eigenvalue weighted by atomic mass is 14.0. The van der Waals surface area contributed by atoms with E-state index in [0.29, 0.717) is 0 Å². The van der Waals surface area contributed by atoms with Crippen LogP contribution in [0, 0.1) is 6.92 Å². The molecule has 0 heteroatoms. The fourth-order valence-corrected chi connectivity index (χ4v) is 2.06. The van der Waals surface area contributed by atoms with E-state index in [1.54, 1.807) is 0 Å². The molecular formula is C17H33. The molecule has 0 N–H and O–H groups in total. The van der Waals surface area contributed by atoms with Gasteiger partial charge in [0.25, 0.3) is 0 Å². The maximum absolute atomic E-state index is 3.87. The van der Waals surface area contributed by atoms with Crippen LogP contribution in [-0.2, 0) is 0 Å². The Hall–Kier alpha value is -0.260. The normalized spacial score (nSPS) is 11.4. The van der Waals surface area contributed by atoms with Crippen LogP contribution >= 0.6 is 0 Å². The minimum Gasteiger partial charge on any atom is -0.0885 e. The Morgan fingerprint density at radius 3 is 1.65 bits per heavy atom. The number of rotatable bonds is 13. The summed E-state index contributed by atoms with van der Waals surface area (Å²) in [5.41, 5.74) is 0. The van der Waals surface area contributed by atoms with E-state index < -0.39 is 0 Å². The van der Waals surface area contributed by atoms with Crippen LogP contribution in [0.5, 0.6) is 0 Å². The van der Waals surface area contributed by atoms with Crippen LogP contribution < -0.4 is 0 Å². The van der Waals surface area contributed by atoms with Gasteiger partial charge in [-0.15, -0.1) is 0 Å². The van der Waals surface area contributed by atoms with Gasteiger partial charge in [-0.25, -0.2) is 0 Å². The first-order valence-electron chi connectivity index (χ1n) is 7.86. The highest BCUT2D eigenvalue weighted by Crippen LogP contribution is 2.10.